The molecule has 0 aliphatic heterocycles. The summed E-state index contributed by atoms with van der Waals surface area (Å²) in [6, 6.07) is 10.0. The van der Waals surface area contributed by atoms with E-state index in [1.54, 1.807) is 23.5 Å². The number of nitrogens with one attached hydrogen (secondary N) is 2. The standard InChI is InChI=1S/C21H16Cl3N3O2S2/c1-10-15(9-31-19(10)12-3-6-16(22)18(24)7-12)11(2)26-27-21(30)25-13-4-5-14(20(28)29)17(23)8-13/h3-9H,1-2H3,(H,28,29)(H2,25,27,30)/b26-11+. The minimum Gasteiger partial charge on any atom is -0.478 e. The highest BCUT2D eigenvalue weighted by atomic mass is 35.5. The summed E-state index contributed by atoms with van der Waals surface area (Å²) in [7, 11) is 0. The Kier molecular flexibility index (Phi) is 7.56. The van der Waals surface area contributed by atoms with E-state index in [0.29, 0.717) is 15.7 Å². The molecular weight excluding hydrogens is 497 g/mol. The summed E-state index contributed by atoms with van der Waals surface area (Å²) in [5, 5.41) is 19.7. The molecule has 0 spiro atoms. The van der Waals surface area contributed by atoms with Crippen molar-refractivity contribution in [2.24, 2.45) is 5.10 Å². The number of hydrogen-bond acceptors (Lipinski definition) is 4. The summed E-state index contributed by atoms with van der Waals surface area (Å²) in [6.07, 6.45) is 0. The molecule has 1 heterocycles. The van der Waals surface area contributed by atoms with Crippen LogP contribution in [-0.4, -0.2) is 21.9 Å². The molecule has 0 aliphatic carbocycles. The number of aromatic carboxylic acids is 1. The molecule has 3 N–H and O–H groups in total. The van der Waals surface area contributed by atoms with E-state index in [1.807, 2.05) is 31.4 Å². The molecular formula is C21H16Cl3N3O2S2. The quantitative estimate of drug-likeness (QED) is 0.193. The van der Waals surface area contributed by atoms with E-state index in [0.717, 1.165) is 27.3 Å². The number of halogens is 3. The van der Waals surface area contributed by atoms with Crippen LogP contribution in [-0.2, 0) is 0 Å². The number of hydrogen-bond donors (Lipinski definition) is 3. The van der Waals surface area contributed by atoms with Crippen molar-refractivity contribution in [3.63, 3.8) is 0 Å². The van der Waals surface area contributed by atoms with Crippen LogP contribution in [0, 0.1) is 6.92 Å². The van der Waals surface area contributed by atoms with Crippen molar-refractivity contribution < 1.29 is 9.90 Å². The van der Waals surface area contributed by atoms with Gasteiger partial charge in [-0.2, -0.15) is 5.10 Å². The summed E-state index contributed by atoms with van der Waals surface area (Å²) in [5.74, 6) is -1.09. The zero-order chi connectivity index (χ0) is 22.7. The Morgan fingerprint density at radius 1 is 1.06 bits per heavy atom. The number of carboxylic acid groups (broad SMARTS) is 1. The first kappa shape index (κ1) is 23.5. The summed E-state index contributed by atoms with van der Waals surface area (Å²) in [4.78, 5) is 12.1. The van der Waals surface area contributed by atoms with Gasteiger partial charge < -0.3 is 10.4 Å². The zero-order valence-electron chi connectivity index (χ0n) is 16.3. The largest absolute Gasteiger partial charge is 0.478 e. The van der Waals surface area contributed by atoms with E-state index < -0.39 is 5.97 Å². The predicted octanol–water partition coefficient (Wildman–Crippen LogP) is 7.09. The number of nitrogens with zero attached hydrogens (tertiary/aromatic N) is 1. The summed E-state index contributed by atoms with van der Waals surface area (Å²) in [6.45, 7) is 3.90. The molecule has 160 valence electrons. The maximum Gasteiger partial charge on any atom is 0.337 e. The maximum absolute atomic E-state index is 11.0. The molecule has 0 atom stereocenters. The van der Waals surface area contributed by atoms with Crippen molar-refractivity contribution in [1.82, 2.24) is 5.43 Å². The van der Waals surface area contributed by atoms with Crippen LogP contribution < -0.4 is 10.7 Å². The van der Waals surface area contributed by atoms with Gasteiger partial charge in [-0.25, -0.2) is 4.79 Å². The number of carboxylic acids is 1. The van der Waals surface area contributed by atoms with E-state index in [-0.39, 0.29) is 15.7 Å². The number of rotatable bonds is 5. The number of benzene rings is 2. The fraction of sp³-hybridized carbons (Fsp3) is 0.0952. The molecule has 5 nitrogen and oxygen atoms in total. The Morgan fingerprint density at radius 2 is 1.81 bits per heavy atom. The molecule has 1 aromatic heterocycles. The normalized spacial score (nSPS) is 11.3. The van der Waals surface area contributed by atoms with Gasteiger partial charge in [0.25, 0.3) is 0 Å². The van der Waals surface area contributed by atoms with Gasteiger partial charge in [0.15, 0.2) is 5.11 Å². The summed E-state index contributed by atoms with van der Waals surface area (Å²) < 4.78 is 0. The molecule has 10 heteroatoms. The van der Waals surface area contributed by atoms with Crippen molar-refractivity contribution in [1.29, 1.82) is 0 Å². The molecule has 3 rings (SSSR count). The minimum atomic E-state index is -1.09. The van der Waals surface area contributed by atoms with Crippen LogP contribution in [0.3, 0.4) is 0 Å². The summed E-state index contributed by atoms with van der Waals surface area (Å²) >= 11 is 25.0. The van der Waals surface area contributed by atoms with Gasteiger partial charge in [-0.15, -0.1) is 11.3 Å². The number of hydrazone groups is 1. The fourth-order valence-corrected chi connectivity index (χ4v) is 4.67. The van der Waals surface area contributed by atoms with Gasteiger partial charge in [-0.1, -0.05) is 40.9 Å². The van der Waals surface area contributed by atoms with Crippen molar-refractivity contribution in [3.8, 4) is 10.4 Å². The average Bonchev–Trinajstić information content (AvgIpc) is 3.09. The molecule has 0 fully saturated rings. The van der Waals surface area contributed by atoms with Crippen molar-refractivity contribution in [2.75, 3.05) is 5.32 Å². The van der Waals surface area contributed by atoms with Crippen LogP contribution in [0.4, 0.5) is 5.69 Å². The lowest BCUT2D eigenvalue weighted by molar-refractivity contribution is 0.0697. The molecule has 31 heavy (non-hydrogen) atoms. The lowest BCUT2D eigenvalue weighted by Crippen LogP contribution is -2.25. The van der Waals surface area contributed by atoms with Crippen molar-refractivity contribution in [3.05, 3.63) is 73.5 Å². The van der Waals surface area contributed by atoms with Crippen LogP contribution in [0.1, 0.15) is 28.4 Å². The van der Waals surface area contributed by atoms with Crippen LogP contribution in [0.15, 0.2) is 46.9 Å². The van der Waals surface area contributed by atoms with E-state index >= 15 is 0 Å². The molecule has 3 aromatic rings. The van der Waals surface area contributed by atoms with E-state index in [4.69, 9.17) is 52.1 Å². The first-order valence-electron chi connectivity index (χ1n) is 8.85. The second-order valence-electron chi connectivity index (χ2n) is 6.50. The first-order valence-corrected chi connectivity index (χ1v) is 11.3. The van der Waals surface area contributed by atoms with Crippen molar-refractivity contribution in [2.45, 2.75) is 13.8 Å². The Morgan fingerprint density at radius 3 is 2.45 bits per heavy atom. The number of thiophene rings is 1. The number of carbonyl (C=O) groups is 1. The van der Waals surface area contributed by atoms with Gasteiger partial charge in [-0.05, 0) is 67.5 Å². The third kappa shape index (κ3) is 5.56. The molecule has 0 amide bonds. The van der Waals surface area contributed by atoms with Crippen LogP contribution >= 0.6 is 58.4 Å². The smallest absolute Gasteiger partial charge is 0.337 e. The third-order valence-corrected chi connectivity index (χ3v) is 6.77. The van der Waals surface area contributed by atoms with Crippen LogP contribution in [0.25, 0.3) is 10.4 Å². The fourth-order valence-electron chi connectivity index (χ4n) is 2.82. The SMILES string of the molecule is C/C(=N\NC(=S)Nc1ccc(C(=O)O)c(Cl)c1)c1csc(-c2ccc(Cl)c(Cl)c2)c1C. The summed E-state index contributed by atoms with van der Waals surface area (Å²) in [5.41, 5.74) is 7.16. The lowest BCUT2D eigenvalue weighted by atomic mass is 10.1. The molecule has 0 saturated carbocycles. The van der Waals surface area contributed by atoms with Crippen molar-refractivity contribution >= 4 is 80.8 Å². The van der Waals surface area contributed by atoms with Gasteiger partial charge in [0.05, 0.1) is 26.3 Å². The third-order valence-electron chi connectivity index (χ3n) is 4.39. The number of thiocarbonyl (C=S) groups is 1. The Labute approximate surface area is 203 Å². The molecule has 0 bridgehead atoms. The second kappa shape index (κ2) is 9.97. The van der Waals surface area contributed by atoms with Gasteiger partial charge in [0.1, 0.15) is 0 Å². The van der Waals surface area contributed by atoms with Gasteiger partial charge in [0.2, 0.25) is 0 Å². The average molecular weight is 513 g/mol. The van der Waals surface area contributed by atoms with Crippen LogP contribution in [0.5, 0.6) is 0 Å². The Hall–Kier alpha value is -2.16. The van der Waals surface area contributed by atoms with E-state index in [2.05, 4.69) is 15.8 Å². The van der Waals surface area contributed by atoms with Gasteiger partial charge in [-0.3, -0.25) is 5.43 Å². The number of anilines is 1. The molecule has 0 unspecified atom stereocenters. The second-order valence-corrected chi connectivity index (χ2v) is 9.00. The molecule has 0 radical (unpaired) electrons. The zero-order valence-corrected chi connectivity index (χ0v) is 20.2. The maximum atomic E-state index is 11.0. The van der Waals surface area contributed by atoms with E-state index in [9.17, 15) is 4.79 Å². The first-order chi connectivity index (χ1) is 14.7. The highest BCUT2D eigenvalue weighted by Crippen LogP contribution is 2.35. The predicted molar refractivity (Wildman–Crippen MR) is 134 cm³/mol. The Balaban J connectivity index is 1.71. The Bertz CT molecular complexity index is 1210. The van der Waals surface area contributed by atoms with Crippen LogP contribution in [0.2, 0.25) is 15.1 Å². The molecule has 2 aromatic carbocycles. The monoisotopic (exact) mass is 511 g/mol. The minimum absolute atomic E-state index is 0.0191. The van der Waals surface area contributed by atoms with E-state index in [1.165, 1.54) is 12.1 Å². The van der Waals surface area contributed by atoms with Gasteiger partial charge in [0, 0.05) is 21.5 Å². The lowest BCUT2D eigenvalue weighted by Gasteiger charge is -2.09. The highest BCUT2D eigenvalue weighted by molar-refractivity contribution is 7.80. The topological polar surface area (TPSA) is 73.7 Å². The van der Waals surface area contributed by atoms with Gasteiger partial charge >= 0.3 is 5.97 Å². The molecule has 0 aliphatic rings. The molecule has 0 saturated heterocycles. The highest BCUT2D eigenvalue weighted by Gasteiger charge is 2.13.